The van der Waals surface area contributed by atoms with Crippen molar-refractivity contribution < 1.29 is 0 Å². The Labute approximate surface area is 44.9 Å². The Balaban J connectivity index is 3.03. The Hall–Kier alpha value is -0.480. The standard InChI is InChI=1S/C6H11N/c1-3-4-6(2)5-7/h1,6H,4-5,7H2,2H3/t6-/m1/s1. The van der Waals surface area contributed by atoms with Gasteiger partial charge in [-0.25, -0.2) is 0 Å². The van der Waals surface area contributed by atoms with Gasteiger partial charge in [-0.3, -0.25) is 0 Å². The Kier molecular flexibility index (Phi) is 3.45. The SMILES string of the molecule is C#CC[C@@H](C)CN. The third-order valence-electron chi connectivity index (χ3n) is 0.869. The van der Waals surface area contributed by atoms with Gasteiger partial charge < -0.3 is 5.73 Å². The average Bonchev–Trinajstić information content (AvgIpc) is 1.68. The molecule has 0 aromatic rings. The summed E-state index contributed by atoms with van der Waals surface area (Å²) < 4.78 is 0. The maximum atomic E-state index is 5.26. The zero-order chi connectivity index (χ0) is 5.70. The first-order valence-corrected chi connectivity index (χ1v) is 2.44. The van der Waals surface area contributed by atoms with Crippen LogP contribution in [-0.4, -0.2) is 6.54 Å². The molecule has 0 saturated heterocycles. The molecule has 2 N–H and O–H groups in total. The fraction of sp³-hybridized carbons (Fsp3) is 0.667. The lowest BCUT2D eigenvalue weighted by Crippen LogP contribution is -2.09. The molecule has 40 valence electrons. The molecule has 0 aliphatic rings. The Morgan fingerprint density at radius 2 is 2.43 bits per heavy atom. The maximum absolute atomic E-state index is 5.26. The van der Waals surface area contributed by atoms with Crippen molar-refractivity contribution >= 4 is 0 Å². The minimum absolute atomic E-state index is 0.491. The summed E-state index contributed by atoms with van der Waals surface area (Å²) in [5.74, 6) is 3.03. The van der Waals surface area contributed by atoms with Crippen LogP contribution in [-0.2, 0) is 0 Å². The van der Waals surface area contributed by atoms with E-state index in [0.717, 1.165) is 6.42 Å². The van der Waals surface area contributed by atoms with Crippen LogP contribution in [0.15, 0.2) is 0 Å². The molecule has 0 aromatic heterocycles. The number of hydrogen-bond acceptors (Lipinski definition) is 1. The predicted molar refractivity (Wildman–Crippen MR) is 31.7 cm³/mol. The maximum Gasteiger partial charge on any atom is 0.0124 e. The van der Waals surface area contributed by atoms with Crippen LogP contribution in [0.2, 0.25) is 0 Å². The molecule has 0 saturated carbocycles. The molecule has 0 spiro atoms. The lowest BCUT2D eigenvalue weighted by Gasteiger charge is -1.98. The third kappa shape index (κ3) is 3.35. The van der Waals surface area contributed by atoms with Gasteiger partial charge in [0.2, 0.25) is 0 Å². The first-order chi connectivity index (χ1) is 3.31. The zero-order valence-corrected chi connectivity index (χ0v) is 4.65. The zero-order valence-electron chi connectivity index (χ0n) is 4.65. The van der Waals surface area contributed by atoms with Gasteiger partial charge in [0, 0.05) is 6.42 Å². The molecule has 0 radical (unpaired) electrons. The summed E-state index contributed by atoms with van der Waals surface area (Å²) in [6, 6.07) is 0. The number of rotatable bonds is 2. The monoisotopic (exact) mass is 97.1 g/mol. The highest BCUT2D eigenvalue weighted by atomic mass is 14.5. The van der Waals surface area contributed by atoms with Gasteiger partial charge in [0.15, 0.2) is 0 Å². The van der Waals surface area contributed by atoms with Crippen molar-refractivity contribution in [2.75, 3.05) is 6.54 Å². The molecule has 0 heterocycles. The Morgan fingerprint density at radius 1 is 1.86 bits per heavy atom. The van der Waals surface area contributed by atoms with Crippen molar-refractivity contribution in [3.8, 4) is 12.3 Å². The Bertz CT molecular complexity index is 70.7. The summed E-state index contributed by atoms with van der Waals surface area (Å²) in [5.41, 5.74) is 5.26. The molecular weight excluding hydrogens is 86.1 g/mol. The van der Waals surface area contributed by atoms with Crippen LogP contribution in [0.4, 0.5) is 0 Å². The summed E-state index contributed by atoms with van der Waals surface area (Å²) in [4.78, 5) is 0. The highest BCUT2D eigenvalue weighted by Gasteiger charge is 1.91. The largest absolute Gasteiger partial charge is 0.330 e. The van der Waals surface area contributed by atoms with Crippen LogP contribution in [0.3, 0.4) is 0 Å². The summed E-state index contributed by atoms with van der Waals surface area (Å²) in [6.07, 6.45) is 5.80. The second-order valence-electron chi connectivity index (χ2n) is 1.75. The van der Waals surface area contributed by atoms with E-state index in [0.29, 0.717) is 12.5 Å². The number of terminal acetylenes is 1. The molecular formula is C6H11N. The second kappa shape index (κ2) is 3.70. The molecule has 0 aliphatic carbocycles. The minimum atomic E-state index is 0.491. The molecule has 1 atom stereocenters. The van der Waals surface area contributed by atoms with Crippen LogP contribution in [0, 0.1) is 18.3 Å². The highest BCUT2D eigenvalue weighted by molar-refractivity contribution is 4.85. The van der Waals surface area contributed by atoms with E-state index < -0.39 is 0 Å². The smallest absolute Gasteiger partial charge is 0.0124 e. The van der Waals surface area contributed by atoms with E-state index in [-0.39, 0.29) is 0 Å². The summed E-state index contributed by atoms with van der Waals surface area (Å²) in [7, 11) is 0. The first-order valence-electron chi connectivity index (χ1n) is 2.44. The van der Waals surface area contributed by atoms with Crippen molar-refractivity contribution in [2.45, 2.75) is 13.3 Å². The van der Waals surface area contributed by atoms with Crippen LogP contribution in [0.25, 0.3) is 0 Å². The predicted octanol–water partition coefficient (Wildman–Crippen LogP) is 0.605. The van der Waals surface area contributed by atoms with Crippen LogP contribution < -0.4 is 5.73 Å². The molecule has 1 nitrogen and oxygen atoms in total. The normalized spacial score (nSPS) is 12.7. The summed E-state index contributed by atoms with van der Waals surface area (Å²) in [6.45, 7) is 2.74. The van der Waals surface area contributed by atoms with Crippen LogP contribution in [0.1, 0.15) is 13.3 Å². The molecule has 0 unspecified atom stereocenters. The molecule has 0 amide bonds. The van der Waals surface area contributed by atoms with Crippen molar-refractivity contribution in [3.05, 3.63) is 0 Å². The van der Waals surface area contributed by atoms with Gasteiger partial charge in [0.1, 0.15) is 0 Å². The van der Waals surface area contributed by atoms with E-state index in [1.165, 1.54) is 0 Å². The van der Waals surface area contributed by atoms with Gasteiger partial charge >= 0.3 is 0 Å². The Morgan fingerprint density at radius 3 is 2.57 bits per heavy atom. The van der Waals surface area contributed by atoms with Gasteiger partial charge in [0.05, 0.1) is 0 Å². The number of nitrogens with two attached hydrogens (primary N) is 1. The van der Waals surface area contributed by atoms with E-state index >= 15 is 0 Å². The topological polar surface area (TPSA) is 26.0 Å². The molecule has 7 heavy (non-hydrogen) atoms. The molecule has 0 rings (SSSR count). The van der Waals surface area contributed by atoms with Crippen LogP contribution in [0.5, 0.6) is 0 Å². The fourth-order valence-corrected chi connectivity index (χ4v) is 0.285. The van der Waals surface area contributed by atoms with Crippen molar-refractivity contribution in [1.29, 1.82) is 0 Å². The highest BCUT2D eigenvalue weighted by Crippen LogP contribution is 1.94. The van der Waals surface area contributed by atoms with Crippen LogP contribution >= 0.6 is 0 Å². The number of hydrogen-bond donors (Lipinski definition) is 1. The minimum Gasteiger partial charge on any atom is -0.330 e. The van der Waals surface area contributed by atoms with E-state index in [2.05, 4.69) is 5.92 Å². The van der Waals surface area contributed by atoms with Crippen molar-refractivity contribution in [1.82, 2.24) is 0 Å². The molecule has 0 aromatic carbocycles. The lowest BCUT2D eigenvalue weighted by molar-refractivity contribution is 0.616. The summed E-state index contributed by atoms with van der Waals surface area (Å²) >= 11 is 0. The quantitative estimate of drug-likeness (QED) is 0.502. The van der Waals surface area contributed by atoms with E-state index in [4.69, 9.17) is 12.2 Å². The average molecular weight is 97.2 g/mol. The molecule has 0 fully saturated rings. The second-order valence-corrected chi connectivity index (χ2v) is 1.75. The fourth-order valence-electron chi connectivity index (χ4n) is 0.285. The van der Waals surface area contributed by atoms with E-state index in [1.54, 1.807) is 0 Å². The third-order valence-corrected chi connectivity index (χ3v) is 0.869. The lowest BCUT2D eigenvalue weighted by atomic mass is 10.1. The van der Waals surface area contributed by atoms with Gasteiger partial charge in [-0.15, -0.1) is 12.3 Å². The van der Waals surface area contributed by atoms with E-state index in [1.807, 2.05) is 6.92 Å². The van der Waals surface area contributed by atoms with Gasteiger partial charge in [-0.1, -0.05) is 6.92 Å². The van der Waals surface area contributed by atoms with Crippen molar-refractivity contribution in [3.63, 3.8) is 0 Å². The van der Waals surface area contributed by atoms with Gasteiger partial charge in [-0.2, -0.15) is 0 Å². The summed E-state index contributed by atoms with van der Waals surface area (Å²) in [5, 5.41) is 0. The molecule has 0 bridgehead atoms. The van der Waals surface area contributed by atoms with Gasteiger partial charge in [-0.05, 0) is 12.5 Å². The van der Waals surface area contributed by atoms with Gasteiger partial charge in [0.25, 0.3) is 0 Å². The van der Waals surface area contributed by atoms with Crippen molar-refractivity contribution in [2.24, 2.45) is 11.7 Å². The molecule has 0 aliphatic heterocycles. The first kappa shape index (κ1) is 6.52. The van der Waals surface area contributed by atoms with E-state index in [9.17, 15) is 0 Å². The molecule has 1 heteroatoms.